The van der Waals surface area contributed by atoms with Crippen LogP contribution in [0.1, 0.15) is 19.8 Å². The van der Waals surface area contributed by atoms with Crippen LogP contribution in [0.2, 0.25) is 0 Å². The molecule has 0 radical (unpaired) electrons. The van der Waals surface area contributed by atoms with Crippen LogP contribution in [-0.2, 0) is 4.79 Å². The highest BCUT2D eigenvalue weighted by molar-refractivity contribution is 5.76. The largest absolute Gasteiger partial charge is 0.340 e. The minimum Gasteiger partial charge on any atom is -0.340 e. The molecule has 0 spiro atoms. The predicted molar refractivity (Wildman–Crippen MR) is 68.8 cm³/mol. The zero-order valence-corrected chi connectivity index (χ0v) is 11.1. The molecule has 2 unspecified atom stereocenters. The van der Waals surface area contributed by atoms with E-state index in [0.717, 1.165) is 51.1 Å². The molecule has 2 atom stereocenters. The summed E-state index contributed by atoms with van der Waals surface area (Å²) in [7, 11) is 2.13. The molecular weight excluding hydrogens is 214 g/mol. The molecule has 0 bridgehead atoms. The van der Waals surface area contributed by atoms with Gasteiger partial charge in [-0.05, 0) is 25.3 Å². The summed E-state index contributed by atoms with van der Waals surface area (Å²) in [5.74, 6) is 2.11. The molecule has 1 saturated heterocycles. The van der Waals surface area contributed by atoms with Gasteiger partial charge in [-0.3, -0.25) is 4.79 Å². The lowest BCUT2D eigenvalue weighted by atomic mass is 10.2. The molecule has 1 aliphatic heterocycles. The van der Waals surface area contributed by atoms with Crippen molar-refractivity contribution in [3.05, 3.63) is 0 Å². The van der Waals surface area contributed by atoms with Gasteiger partial charge in [0.25, 0.3) is 0 Å². The van der Waals surface area contributed by atoms with Gasteiger partial charge in [-0.1, -0.05) is 6.92 Å². The average molecular weight is 239 g/mol. The summed E-state index contributed by atoms with van der Waals surface area (Å²) in [6, 6.07) is 0. The number of piperazine rings is 1. The molecule has 1 heterocycles. The Balaban J connectivity index is 1.61. The highest BCUT2D eigenvalue weighted by Crippen LogP contribution is 2.37. The van der Waals surface area contributed by atoms with Crippen LogP contribution < -0.4 is 5.32 Å². The number of hydrogen-bond acceptors (Lipinski definition) is 3. The molecule has 2 fully saturated rings. The Morgan fingerprint density at radius 1 is 1.41 bits per heavy atom. The summed E-state index contributed by atoms with van der Waals surface area (Å²) in [5.41, 5.74) is 0. The minimum absolute atomic E-state index is 0.321. The highest BCUT2D eigenvalue weighted by Gasteiger charge is 2.33. The summed E-state index contributed by atoms with van der Waals surface area (Å²) in [6.07, 6.45) is 2.05. The molecule has 0 aromatic carbocycles. The molecular formula is C13H25N3O. The smallest absolute Gasteiger partial charge is 0.223 e. The van der Waals surface area contributed by atoms with Crippen molar-refractivity contribution in [2.45, 2.75) is 19.8 Å². The topological polar surface area (TPSA) is 35.6 Å². The summed E-state index contributed by atoms with van der Waals surface area (Å²) < 4.78 is 0. The number of nitrogens with one attached hydrogen (secondary N) is 1. The predicted octanol–water partition coefficient (Wildman–Crippen LogP) is 0.396. The Morgan fingerprint density at radius 2 is 2.06 bits per heavy atom. The van der Waals surface area contributed by atoms with Crippen molar-refractivity contribution in [2.75, 3.05) is 46.3 Å². The maximum absolute atomic E-state index is 11.9. The lowest BCUT2D eigenvalue weighted by Gasteiger charge is -2.28. The van der Waals surface area contributed by atoms with Gasteiger partial charge in [-0.25, -0.2) is 0 Å². The Labute approximate surface area is 104 Å². The van der Waals surface area contributed by atoms with Gasteiger partial charge in [0.15, 0.2) is 0 Å². The number of nitrogens with zero attached hydrogens (tertiary/aromatic N) is 2. The molecule has 1 saturated carbocycles. The van der Waals surface area contributed by atoms with E-state index in [2.05, 4.69) is 24.2 Å². The van der Waals surface area contributed by atoms with E-state index in [0.29, 0.717) is 12.3 Å². The van der Waals surface area contributed by atoms with E-state index in [9.17, 15) is 4.79 Å². The zero-order chi connectivity index (χ0) is 12.3. The molecule has 1 N–H and O–H groups in total. The van der Waals surface area contributed by atoms with Crippen molar-refractivity contribution in [3.63, 3.8) is 0 Å². The minimum atomic E-state index is 0.321. The van der Waals surface area contributed by atoms with E-state index in [1.807, 2.05) is 4.90 Å². The van der Waals surface area contributed by atoms with Crippen LogP contribution in [-0.4, -0.2) is 62.0 Å². The molecule has 4 nitrogen and oxygen atoms in total. The van der Waals surface area contributed by atoms with Crippen LogP contribution in [0.15, 0.2) is 0 Å². The van der Waals surface area contributed by atoms with Gasteiger partial charge in [0.2, 0.25) is 5.91 Å². The first-order valence-corrected chi connectivity index (χ1v) is 6.84. The van der Waals surface area contributed by atoms with Gasteiger partial charge < -0.3 is 15.1 Å². The second kappa shape index (κ2) is 5.83. The SMILES string of the molecule is CC1CC1CN(C)CCC(=O)N1CCNCC1. The monoisotopic (exact) mass is 239 g/mol. The van der Waals surface area contributed by atoms with Crippen molar-refractivity contribution in [3.8, 4) is 0 Å². The summed E-state index contributed by atoms with van der Waals surface area (Å²) in [6.45, 7) is 8.03. The van der Waals surface area contributed by atoms with Crippen LogP contribution in [0.3, 0.4) is 0 Å². The van der Waals surface area contributed by atoms with Crippen LogP contribution in [0.5, 0.6) is 0 Å². The fourth-order valence-corrected chi connectivity index (χ4v) is 2.50. The zero-order valence-electron chi connectivity index (χ0n) is 11.1. The molecule has 2 aliphatic rings. The molecule has 17 heavy (non-hydrogen) atoms. The van der Waals surface area contributed by atoms with E-state index in [1.54, 1.807) is 0 Å². The third-order valence-corrected chi connectivity index (χ3v) is 4.00. The normalized spacial score (nSPS) is 28.5. The van der Waals surface area contributed by atoms with Crippen molar-refractivity contribution in [1.82, 2.24) is 15.1 Å². The first-order chi connectivity index (χ1) is 8.16. The second-order valence-corrected chi connectivity index (χ2v) is 5.62. The van der Waals surface area contributed by atoms with Crippen molar-refractivity contribution >= 4 is 5.91 Å². The highest BCUT2D eigenvalue weighted by atomic mass is 16.2. The quantitative estimate of drug-likeness (QED) is 0.754. The van der Waals surface area contributed by atoms with Crippen molar-refractivity contribution in [1.29, 1.82) is 0 Å². The standard InChI is InChI=1S/C13H25N3O/c1-11-9-12(11)10-15(2)6-3-13(17)16-7-4-14-5-8-16/h11-12,14H,3-10H2,1-2H3. The number of carbonyl (C=O) groups excluding carboxylic acids is 1. The van der Waals surface area contributed by atoms with Crippen LogP contribution in [0.25, 0.3) is 0 Å². The number of rotatable bonds is 5. The average Bonchev–Trinajstić information content (AvgIpc) is 3.03. The number of carbonyl (C=O) groups is 1. The van der Waals surface area contributed by atoms with Crippen molar-refractivity contribution in [2.24, 2.45) is 11.8 Å². The van der Waals surface area contributed by atoms with Gasteiger partial charge in [0.05, 0.1) is 0 Å². The van der Waals surface area contributed by atoms with E-state index in [4.69, 9.17) is 0 Å². The Hall–Kier alpha value is -0.610. The maximum Gasteiger partial charge on any atom is 0.223 e. The Bertz CT molecular complexity index is 263. The lowest BCUT2D eigenvalue weighted by Crippen LogP contribution is -2.47. The van der Waals surface area contributed by atoms with Crippen molar-refractivity contribution < 1.29 is 4.79 Å². The van der Waals surface area contributed by atoms with Gasteiger partial charge in [0, 0.05) is 45.7 Å². The second-order valence-electron chi connectivity index (χ2n) is 5.62. The van der Waals surface area contributed by atoms with Crippen LogP contribution in [0, 0.1) is 11.8 Å². The summed E-state index contributed by atoms with van der Waals surface area (Å²) in [5, 5.41) is 3.27. The fourth-order valence-electron chi connectivity index (χ4n) is 2.50. The third-order valence-electron chi connectivity index (χ3n) is 4.00. The number of amides is 1. The van der Waals surface area contributed by atoms with E-state index >= 15 is 0 Å². The van der Waals surface area contributed by atoms with Crippen LogP contribution in [0.4, 0.5) is 0 Å². The fraction of sp³-hybridized carbons (Fsp3) is 0.923. The third kappa shape index (κ3) is 3.96. The maximum atomic E-state index is 11.9. The van der Waals surface area contributed by atoms with E-state index < -0.39 is 0 Å². The molecule has 1 aliphatic carbocycles. The van der Waals surface area contributed by atoms with Gasteiger partial charge >= 0.3 is 0 Å². The van der Waals surface area contributed by atoms with E-state index in [-0.39, 0.29) is 0 Å². The van der Waals surface area contributed by atoms with Crippen LogP contribution >= 0.6 is 0 Å². The first kappa shape index (κ1) is 12.8. The molecule has 0 aromatic rings. The molecule has 2 rings (SSSR count). The Morgan fingerprint density at radius 3 is 2.65 bits per heavy atom. The van der Waals surface area contributed by atoms with E-state index in [1.165, 1.54) is 6.42 Å². The van der Waals surface area contributed by atoms with Gasteiger partial charge in [-0.15, -0.1) is 0 Å². The molecule has 1 amide bonds. The number of hydrogen-bond donors (Lipinski definition) is 1. The molecule has 4 heteroatoms. The van der Waals surface area contributed by atoms with Gasteiger partial charge in [0.1, 0.15) is 0 Å². The molecule has 0 aromatic heterocycles. The summed E-state index contributed by atoms with van der Waals surface area (Å²) >= 11 is 0. The lowest BCUT2D eigenvalue weighted by molar-refractivity contribution is -0.132. The molecule has 98 valence electrons. The summed E-state index contributed by atoms with van der Waals surface area (Å²) in [4.78, 5) is 16.2. The van der Waals surface area contributed by atoms with Gasteiger partial charge in [-0.2, -0.15) is 0 Å². The first-order valence-electron chi connectivity index (χ1n) is 6.84. The Kier molecular flexibility index (Phi) is 4.40.